The molecule has 10 nitrogen and oxygen atoms in total. The maximum absolute atomic E-state index is 13.6. The number of rotatable bonds is 15. The number of alkyl halides is 1. The molecule has 1 aromatic heterocycles. The Balaban J connectivity index is 2.10. The molecule has 1 atom stereocenters. The smallest absolute Gasteiger partial charge is 0.461 e. The molecule has 1 unspecified atom stereocenters. The van der Waals surface area contributed by atoms with Gasteiger partial charge >= 0.3 is 19.6 Å². The van der Waals surface area contributed by atoms with Gasteiger partial charge in [0.2, 0.25) is 0 Å². The molecule has 0 aliphatic carbocycles. The summed E-state index contributed by atoms with van der Waals surface area (Å²) in [5.74, 6) is 0.0162. The van der Waals surface area contributed by atoms with Crippen LogP contribution in [0.5, 0.6) is 5.75 Å². The van der Waals surface area contributed by atoms with Crippen LogP contribution in [-0.2, 0) is 31.6 Å². The van der Waals surface area contributed by atoms with Crippen molar-refractivity contribution in [2.75, 3.05) is 26.1 Å². The van der Waals surface area contributed by atoms with Crippen molar-refractivity contribution in [2.24, 2.45) is 0 Å². The summed E-state index contributed by atoms with van der Waals surface area (Å²) in [5.41, 5.74) is 0.686. The third kappa shape index (κ3) is 8.66. The first kappa shape index (κ1) is 26.6. The molecule has 2 aromatic rings. The number of furan rings is 1. The number of hydrogen-bond donors (Lipinski definition) is 0. The van der Waals surface area contributed by atoms with Crippen LogP contribution in [0.1, 0.15) is 24.2 Å². The van der Waals surface area contributed by atoms with E-state index in [1.165, 1.54) is 22.9 Å². The summed E-state index contributed by atoms with van der Waals surface area (Å²) < 4.78 is 36.3. The molecule has 0 fully saturated rings. The highest BCUT2D eigenvalue weighted by Gasteiger charge is 2.33. The molecule has 0 aliphatic rings. The lowest BCUT2D eigenvalue weighted by atomic mass is 10.1. The van der Waals surface area contributed by atoms with E-state index in [1.807, 2.05) is 0 Å². The Labute approximate surface area is 196 Å². The van der Waals surface area contributed by atoms with Crippen LogP contribution in [0.4, 0.5) is 5.88 Å². The number of carbonyl (C=O) groups excluding carboxylic acids is 1. The normalized spacial score (nSPS) is 12.8. The second-order valence-electron chi connectivity index (χ2n) is 6.90. The zero-order chi connectivity index (χ0) is 24.3. The fraction of sp³-hybridized carbons (Fsp3) is 0.381. The first-order valence-electron chi connectivity index (χ1n) is 10.1. The number of nitro groups is 1. The van der Waals surface area contributed by atoms with Crippen LogP contribution >= 0.6 is 19.3 Å². The molecule has 180 valence electrons. The Kier molecular flexibility index (Phi) is 10.6. The summed E-state index contributed by atoms with van der Waals surface area (Å²) in [6.07, 6.45) is 2.93. The van der Waals surface area contributed by atoms with Crippen LogP contribution in [0.3, 0.4) is 0 Å². The summed E-state index contributed by atoms with van der Waals surface area (Å²) in [6, 6.07) is 8.99. The average Bonchev–Trinajstić information content (AvgIpc) is 3.27. The van der Waals surface area contributed by atoms with Gasteiger partial charge in [-0.05, 0) is 43.7 Å². The van der Waals surface area contributed by atoms with E-state index in [-0.39, 0.29) is 31.1 Å². The van der Waals surface area contributed by atoms with Gasteiger partial charge in [0.25, 0.3) is 0 Å². The van der Waals surface area contributed by atoms with Gasteiger partial charge < -0.3 is 13.7 Å². The third-order valence-electron chi connectivity index (χ3n) is 4.34. The predicted octanol–water partition coefficient (Wildman–Crippen LogP) is 5.11. The third-order valence-corrected chi connectivity index (χ3v) is 6.54. The first-order chi connectivity index (χ1) is 15.8. The number of nitrogens with zero attached hydrogens (tertiary/aromatic N) is 2. The van der Waals surface area contributed by atoms with Crippen LogP contribution in [0.25, 0.3) is 0 Å². The largest absolute Gasteiger partial charge is 0.461 e. The van der Waals surface area contributed by atoms with Gasteiger partial charge in [-0.15, -0.1) is 11.6 Å². The Morgan fingerprint density at radius 3 is 2.61 bits per heavy atom. The zero-order valence-corrected chi connectivity index (χ0v) is 19.8. The van der Waals surface area contributed by atoms with Gasteiger partial charge in [-0.2, -0.15) is 0 Å². The number of ether oxygens (including phenoxy) is 1. The Bertz CT molecular complexity index is 979. The molecule has 12 heteroatoms. The molecule has 1 aromatic carbocycles. The Hall–Kier alpha value is -2.65. The highest BCUT2D eigenvalue weighted by atomic mass is 35.5. The van der Waals surface area contributed by atoms with E-state index >= 15 is 0 Å². The van der Waals surface area contributed by atoms with Crippen molar-refractivity contribution in [1.82, 2.24) is 4.67 Å². The predicted molar refractivity (Wildman–Crippen MR) is 122 cm³/mol. The number of unbranched alkanes of at least 4 members (excludes halogenated alkanes) is 1. The van der Waals surface area contributed by atoms with Crippen LogP contribution in [0.15, 0.2) is 53.5 Å². The van der Waals surface area contributed by atoms with E-state index in [2.05, 4.69) is 6.58 Å². The lowest BCUT2D eigenvalue weighted by Gasteiger charge is -2.27. The Morgan fingerprint density at radius 1 is 1.27 bits per heavy atom. The molecular formula is C21H26ClN2O8P. The highest BCUT2D eigenvalue weighted by Crippen LogP contribution is 2.51. The van der Waals surface area contributed by atoms with E-state index in [9.17, 15) is 19.5 Å². The maximum atomic E-state index is 13.6. The highest BCUT2D eigenvalue weighted by molar-refractivity contribution is 7.51. The van der Waals surface area contributed by atoms with Crippen molar-refractivity contribution in [3.8, 4) is 5.75 Å². The van der Waals surface area contributed by atoms with Gasteiger partial charge in [0, 0.05) is 12.4 Å². The quantitative estimate of drug-likeness (QED) is 0.0624. The van der Waals surface area contributed by atoms with E-state index in [0.717, 1.165) is 0 Å². The van der Waals surface area contributed by atoms with E-state index in [0.29, 0.717) is 30.8 Å². The molecule has 0 spiro atoms. The molecule has 2 rings (SSSR count). The average molecular weight is 501 g/mol. The second kappa shape index (κ2) is 13.2. The lowest BCUT2D eigenvalue weighted by molar-refractivity contribution is -0.402. The van der Waals surface area contributed by atoms with Crippen molar-refractivity contribution in [3.63, 3.8) is 0 Å². The first-order valence-corrected chi connectivity index (χ1v) is 12.1. The Morgan fingerprint density at radius 2 is 2.00 bits per heavy atom. The van der Waals surface area contributed by atoms with Gasteiger partial charge in [-0.25, -0.2) is 9.24 Å². The monoisotopic (exact) mass is 500 g/mol. The lowest BCUT2D eigenvalue weighted by Crippen LogP contribution is -2.21. The SMILES string of the molecule is C=CCOC(=O)Cc1ccc(OP(=O)(OCc2ccc([N+](=O)[O-])o2)N(C)CCCCCl)cc1. The maximum Gasteiger partial charge on any atom is 0.461 e. The van der Waals surface area contributed by atoms with Crippen molar-refractivity contribution in [2.45, 2.75) is 25.9 Å². The van der Waals surface area contributed by atoms with Crippen LogP contribution in [0.2, 0.25) is 0 Å². The number of hydrogen-bond acceptors (Lipinski definition) is 8. The molecule has 0 saturated heterocycles. The van der Waals surface area contributed by atoms with Crippen LogP contribution in [0, 0.1) is 10.1 Å². The second-order valence-corrected chi connectivity index (χ2v) is 9.34. The van der Waals surface area contributed by atoms with Gasteiger partial charge in [0.15, 0.2) is 0 Å². The van der Waals surface area contributed by atoms with Crippen molar-refractivity contribution >= 4 is 31.2 Å². The minimum atomic E-state index is -3.85. The molecule has 0 saturated carbocycles. The number of benzene rings is 1. The van der Waals surface area contributed by atoms with Gasteiger partial charge in [-0.1, -0.05) is 24.8 Å². The zero-order valence-electron chi connectivity index (χ0n) is 18.2. The standard InChI is InChI=1S/C21H26ClN2O8P/c1-3-14-29-21(25)15-17-6-8-18(9-7-17)32-33(28,23(2)13-5-4-12-22)30-16-19-10-11-20(31-19)24(26)27/h3,6-11H,1,4-5,12-16H2,2H3. The van der Waals surface area contributed by atoms with Gasteiger partial charge in [0.1, 0.15) is 29.6 Å². The van der Waals surface area contributed by atoms with E-state index in [4.69, 9.17) is 29.8 Å². The topological polar surface area (TPSA) is 121 Å². The number of esters is 1. The fourth-order valence-corrected chi connectivity index (χ4v) is 4.25. The van der Waals surface area contributed by atoms with E-state index < -0.39 is 24.5 Å². The molecule has 0 aliphatic heterocycles. The number of halogens is 1. The van der Waals surface area contributed by atoms with Crippen molar-refractivity contribution in [3.05, 3.63) is 70.5 Å². The fourth-order valence-electron chi connectivity index (χ4n) is 2.61. The summed E-state index contributed by atoms with van der Waals surface area (Å²) in [5, 5.41) is 10.8. The minimum Gasteiger partial charge on any atom is -0.461 e. The van der Waals surface area contributed by atoms with Gasteiger partial charge in [0.05, 0.1) is 12.5 Å². The van der Waals surface area contributed by atoms with Crippen LogP contribution in [-0.4, -0.2) is 41.6 Å². The van der Waals surface area contributed by atoms with Crippen LogP contribution < -0.4 is 4.52 Å². The summed E-state index contributed by atoms with van der Waals surface area (Å²) >= 11 is 5.72. The summed E-state index contributed by atoms with van der Waals surface area (Å²) in [6.45, 7) is 3.71. The van der Waals surface area contributed by atoms with Crippen molar-refractivity contribution in [1.29, 1.82) is 0 Å². The van der Waals surface area contributed by atoms with E-state index in [1.54, 1.807) is 31.3 Å². The molecule has 0 radical (unpaired) electrons. The summed E-state index contributed by atoms with van der Waals surface area (Å²) in [7, 11) is -2.27. The number of carbonyl (C=O) groups is 1. The minimum absolute atomic E-state index is 0.0673. The molecule has 0 bridgehead atoms. The molecule has 33 heavy (non-hydrogen) atoms. The molecule has 1 heterocycles. The van der Waals surface area contributed by atoms with Gasteiger partial charge in [-0.3, -0.25) is 19.4 Å². The molecular weight excluding hydrogens is 475 g/mol. The molecule has 0 N–H and O–H groups in total. The summed E-state index contributed by atoms with van der Waals surface area (Å²) in [4.78, 5) is 21.9. The van der Waals surface area contributed by atoms with Crippen molar-refractivity contribution < 1.29 is 32.5 Å². The molecule has 0 amide bonds.